The lowest BCUT2D eigenvalue weighted by Gasteiger charge is -2.30. The molecule has 0 spiro atoms. The Bertz CT molecular complexity index is 1010. The summed E-state index contributed by atoms with van der Waals surface area (Å²) in [6.45, 7) is 15.2. The average molecular weight is 378 g/mol. The van der Waals surface area contributed by atoms with E-state index >= 15 is 0 Å². The summed E-state index contributed by atoms with van der Waals surface area (Å²) in [6, 6.07) is 10.6. The van der Waals surface area contributed by atoms with Crippen LogP contribution in [0.4, 0.5) is 0 Å². The molecule has 0 saturated carbocycles. The number of aryl methyl sites for hydroxylation is 1. The van der Waals surface area contributed by atoms with Crippen molar-refractivity contribution in [2.24, 2.45) is 0 Å². The lowest BCUT2D eigenvalue weighted by molar-refractivity contribution is 0.111. The van der Waals surface area contributed by atoms with Crippen molar-refractivity contribution in [2.45, 2.75) is 59.3 Å². The summed E-state index contributed by atoms with van der Waals surface area (Å²) in [4.78, 5) is 12.0. The predicted octanol–water partition coefficient (Wildman–Crippen LogP) is 6.33. The number of rotatable bonds is 3. The van der Waals surface area contributed by atoms with E-state index in [2.05, 4.69) is 71.9 Å². The standard InChI is InChI=1S/C25H31NO2/c1-16-9-10-18-13-19(22(15-27)26(18)14-16)17-11-20(24(2,3)4)23(28-8)21(12-17)25(5,6)7/h9-15H,1-8H3. The number of carbonyl (C=O) groups is 1. The molecule has 0 aliphatic rings. The zero-order valence-corrected chi connectivity index (χ0v) is 18.3. The Kier molecular flexibility index (Phi) is 4.91. The van der Waals surface area contributed by atoms with Crippen LogP contribution >= 0.6 is 0 Å². The second kappa shape index (κ2) is 6.80. The van der Waals surface area contributed by atoms with E-state index < -0.39 is 0 Å². The molecule has 0 fully saturated rings. The minimum Gasteiger partial charge on any atom is -0.496 e. The number of benzene rings is 1. The van der Waals surface area contributed by atoms with Gasteiger partial charge in [-0.2, -0.15) is 0 Å². The van der Waals surface area contributed by atoms with Crippen LogP contribution in [0, 0.1) is 6.92 Å². The first-order chi connectivity index (χ1) is 13.0. The number of nitrogens with zero attached hydrogens (tertiary/aromatic N) is 1. The largest absolute Gasteiger partial charge is 0.496 e. The van der Waals surface area contributed by atoms with Gasteiger partial charge in [-0.15, -0.1) is 0 Å². The van der Waals surface area contributed by atoms with Crippen LogP contribution in [0.15, 0.2) is 36.5 Å². The Morgan fingerprint density at radius 3 is 1.96 bits per heavy atom. The summed E-state index contributed by atoms with van der Waals surface area (Å²) in [5, 5.41) is 0. The molecule has 148 valence electrons. The first-order valence-electron chi connectivity index (χ1n) is 9.77. The minimum absolute atomic E-state index is 0.0849. The van der Waals surface area contributed by atoms with Gasteiger partial charge in [-0.1, -0.05) is 47.6 Å². The Balaban J connectivity index is 2.40. The number of hydrogen-bond acceptors (Lipinski definition) is 2. The topological polar surface area (TPSA) is 30.7 Å². The first-order valence-corrected chi connectivity index (χ1v) is 9.77. The molecule has 3 rings (SSSR count). The van der Waals surface area contributed by atoms with Gasteiger partial charge in [-0.3, -0.25) is 4.79 Å². The fraction of sp³-hybridized carbons (Fsp3) is 0.400. The van der Waals surface area contributed by atoms with Gasteiger partial charge in [0.2, 0.25) is 0 Å². The third-order valence-electron chi connectivity index (χ3n) is 5.29. The number of ether oxygens (including phenoxy) is 1. The van der Waals surface area contributed by atoms with E-state index in [-0.39, 0.29) is 10.8 Å². The summed E-state index contributed by atoms with van der Waals surface area (Å²) in [5.41, 5.74) is 6.98. The van der Waals surface area contributed by atoms with Crippen molar-refractivity contribution in [1.82, 2.24) is 4.40 Å². The van der Waals surface area contributed by atoms with Gasteiger partial charge < -0.3 is 9.14 Å². The Labute approximate surface area is 168 Å². The van der Waals surface area contributed by atoms with E-state index in [9.17, 15) is 4.79 Å². The molecule has 3 heteroatoms. The maximum Gasteiger partial charge on any atom is 0.167 e. The second-order valence-electron chi connectivity index (χ2n) is 9.67. The molecule has 3 nitrogen and oxygen atoms in total. The Hall–Kier alpha value is -2.55. The molecular weight excluding hydrogens is 346 g/mol. The van der Waals surface area contributed by atoms with Crippen molar-refractivity contribution in [1.29, 1.82) is 0 Å². The fourth-order valence-corrected chi connectivity index (χ4v) is 3.77. The van der Waals surface area contributed by atoms with Crippen LogP contribution in [0.1, 0.15) is 68.7 Å². The molecule has 2 aromatic heterocycles. The lowest BCUT2D eigenvalue weighted by Crippen LogP contribution is -2.19. The number of methoxy groups -OCH3 is 1. The molecule has 3 aromatic rings. The van der Waals surface area contributed by atoms with Crippen molar-refractivity contribution in [3.05, 3.63) is 58.9 Å². The van der Waals surface area contributed by atoms with Crippen LogP contribution in [-0.2, 0) is 10.8 Å². The molecule has 0 N–H and O–H groups in total. The molecule has 2 heterocycles. The predicted molar refractivity (Wildman–Crippen MR) is 117 cm³/mol. The van der Waals surface area contributed by atoms with E-state index in [0.717, 1.165) is 45.4 Å². The van der Waals surface area contributed by atoms with E-state index in [4.69, 9.17) is 4.74 Å². The van der Waals surface area contributed by atoms with Crippen LogP contribution in [-0.4, -0.2) is 17.8 Å². The number of pyridine rings is 1. The highest BCUT2D eigenvalue weighted by molar-refractivity contribution is 5.90. The normalized spacial score (nSPS) is 12.4. The average Bonchev–Trinajstić information content (AvgIpc) is 2.96. The summed E-state index contributed by atoms with van der Waals surface area (Å²) >= 11 is 0. The van der Waals surface area contributed by atoms with E-state index in [1.54, 1.807) is 7.11 Å². The second-order valence-corrected chi connectivity index (χ2v) is 9.67. The summed E-state index contributed by atoms with van der Waals surface area (Å²) in [6.07, 6.45) is 2.97. The van der Waals surface area contributed by atoms with Crippen LogP contribution in [0.5, 0.6) is 5.75 Å². The fourth-order valence-electron chi connectivity index (χ4n) is 3.77. The Morgan fingerprint density at radius 1 is 0.929 bits per heavy atom. The van der Waals surface area contributed by atoms with Crippen LogP contribution in [0.25, 0.3) is 16.6 Å². The number of aromatic nitrogens is 1. The summed E-state index contributed by atoms with van der Waals surface area (Å²) in [7, 11) is 1.74. The first kappa shape index (κ1) is 20.2. The zero-order valence-electron chi connectivity index (χ0n) is 18.3. The third-order valence-corrected chi connectivity index (χ3v) is 5.29. The van der Waals surface area contributed by atoms with Gasteiger partial charge in [0.25, 0.3) is 0 Å². The van der Waals surface area contributed by atoms with Gasteiger partial charge in [-0.05, 0) is 53.1 Å². The SMILES string of the molecule is COc1c(C(C)(C)C)cc(-c2cc3ccc(C)cn3c2C=O)cc1C(C)(C)C. The van der Waals surface area contributed by atoms with Crippen molar-refractivity contribution in [3.63, 3.8) is 0 Å². The van der Waals surface area contributed by atoms with Crippen LogP contribution < -0.4 is 4.74 Å². The number of carbonyl (C=O) groups excluding carboxylic acids is 1. The minimum atomic E-state index is -0.0849. The molecule has 0 saturated heterocycles. The highest BCUT2D eigenvalue weighted by Gasteiger charge is 2.28. The summed E-state index contributed by atoms with van der Waals surface area (Å²) in [5.74, 6) is 0.941. The van der Waals surface area contributed by atoms with Crippen molar-refractivity contribution in [3.8, 4) is 16.9 Å². The number of aldehydes is 1. The van der Waals surface area contributed by atoms with E-state index in [1.165, 1.54) is 0 Å². The molecule has 0 unspecified atom stereocenters. The Morgan fingerprint density at radius 2 is 1.50 bits per heavy atom. The van der Waals surface area contributed by atoms with Gasteiger partial charge >= 0.3 is 0 Å². The molecule has 1 aromatic carbocycles. The quantitative estimate of drug-likeness (QED) is 0.499. The zero-order chi connectivity index (χ0) is 20.9. The third kappa shape index (κ3) is 3.46. The molecule has 0 radical (unpaired) electrons. The van der Waals surface area contributed by atoms with Crippen molar-refractivity contribution < 1.29 is 9.53 Å². The van der Waals surface area contributed by atoms with Gasteiger partial charge in [0.15, 0.2) is 6.29 Å². The smallest absolute Gasteiger partial charge is 0.167 e. The highest BCUT2D eigenvalue weighted by atomic mass is 16.5. The molecule has 0 atom stereocenters. The van der Waals surface area contributed by atoms with Crippen LogP contribution in [0.2, 0.25) is 0 Å². The van der Waals surface area contributed by atoms with E-state index in [0.29, 0.717) is 5.69 Å². The molecule has 0 aliphatic carbocycles. The highest BCUT2D eigenvalue weighted by Crippen LogP contribution is 2.43. The van der Waals surface area contributed by atoms with Crippen molar-refractivity contribution >= 4 is 11.8 Å². The van der Waals surface area contributed by atoms with Gasteiger partial charge in [0, 0.05) is 28.4 Å². The number of fused-ring (bicyclic) bond motifs is 1. The molecule has 0 aliphatic heterocycles. The van der Waals surface area contributed by atoms with Crippen molar-refractivity contribution in [2.75, 3.05) is 7.11 Å². The molecule has 0 amide bonds. The molecule has 0 bridgehead atoms. The lowest BCUT2D eigenvalue weighted by atomic mass is 9.77. The maximum atomic E-state index is 12.0. The summed E-state index contributed by atoms with van der Waals surface area (Å²) < 4.78 is 7.86. The monoisotopic (exact) mass is 377 g/mol. The van der Waals surface area contributed by atoms with Gasteiger partial charge in [0.1, 0.15) is 5.75 Å². The van der Waals surface area contributed by atoms with Gasteiger partial charge in [0.05, 0.1) is 12.8 Å². The molecular formula is C25H31NO2. The van der Waals surface area contributed by atoms with Gasteiger partial charge in [-0.25, -0.2) is 0 Å². The van der Waals surface area contributed by atoms with E-state index in [1.807, 2.05) is 17.5 Å². The molecule has 28 heavy (non-hydrogen) atoms. The maximum absolute atomic E-state index is 12.0. The van der Waals surface area contributed by atoms with Crippen LogP contribution in [0.3, 0.4) is 0 Å². The number of hydrogen-bond donors (Lipinski definition) is 0.